The van der Waals surface area contributed by atoms with E-state index in [1.54, 1.807) is 0 Å². The topological polar surface area (TPSA) is 41.6 Å². The second-order valence-electron chi connectivity index (χ2n) is 7.06. The molecule has 1 rings (SSSR count). The number of esters is 1. The van der Waals surface area contributed by atoms with Crippen molar-refractivity contribution in [1.82, 2.24) is 10.2 Å². The summed E-state index contributed by atoms with van der Waals surface area (Å²) >= 11 is 0. The summed E-state index contributed by atoms with van der Waals surface area (Å²) in [6, 6.07) is 0.383. The summed E-state index contributed by atoms with van der Waals surface area (Å²) in [7, 11) is 1.84. The lowest BCUT2D eigenvalue weighted by Crippen LogP contribution is -2.54. The molecule has 124 valence electrons. The number of nitrogens with zero attached hydrogens (tertiary/aromatic N) is 1. The Morgan fingerprint density at radius 3 is 2.38 bits per heavy atom. The third kappa shape index (κ3) is 4.68. The molecular weight excluding hydrogens is 264 g/mol. The average Bonchev–Trinajstić information content (AvgIpc) is 2.48. The first kappa shape index (κ1) is 18.4. The largest absolute Gasteiger partial charge is 0.465 e. The molecule has 2 unspecified atom stereocenters. The number of rotatable bonds is 7. The van der Waals surface area contributed by atoms with Crippen LogP contribution in [0.15, 0.2) is 0 Å². The van der Waals surface area contributed by atoms with Gasteiger partial charge in [-0.2, -0.15) is 0 Å². The summed E-state index contributed by atoms with van der Waals surface area (Å²) in [5.41, 5.74) is -0.0927. The summed E-state index contributed by atoms with van der Waals surface area (Å²) in [5, 5.41) is 3.16. The first-order valence-electron chi connectivity index (χ1n) is 8.40. The fourth-order valence-electron chi connectivity index (χ4n) is 3.16. The van der Waals surface area contributed by atoms with Crippen LogP contribution >= 0.6 is 0 Å². The van der Waals surface area contributed by atoms with Crippen LogP contribution in [-0.2, 0) is 9.53 Å². The Morgan fingerprint density at radius 1 is 1.38 bits per heavy atom. The van der Waals surface area contributed by atoms with Crippen LogP contribution in [0.25, 0.3) is 0 Å². The van der Waals surface area contributed by atoms with Crippen molar-refractivity contribution < 1.29 is 9.53 Å². The number of hydrogen-bond acceptors (Lipinski definition) is 4. The number of carbonyl (C=O) groups is 1. The van der Waals surface area contributed by atoms with Crippen LogP contribution in [0.2, 0.25) is 0 Å². The number of likely N-dealkylation sites (N-methyl/N-ethyl adjacent to an activating group) is 1. The fourth-order valence-corrected chi connectivity index (χ4v) is 3.16. The standard InChI is InChI=1S/C17H34N2O2/c1-7-16(4)9-11-19(12-10-16)14(3)13-17(5,18-6)15(20)21-8-2/h14,18H,7-13H2,1-6H3. The second kappa shape index (κ2) is 7.59. The van der Waals surface area contributed by atoms with E-state index < -0.39 is 5.54 Å². The number of nitrogens with one attached hydrogen (secondary N) is 1. The molecule has 1 saturated heterocycles. The predicted octanol–water partition coefficient (Wildman–Crippen LogP) is 2.82. The first-order valence-corrected chi connectivity index (χ1v) is 8.40. The van der Waals surface area contributed by atoms with Crippen LogP contribution in [0.4, 0.5) is 0 Å². The monoisotopic (exact) mass is 298 g/mol. The Hall–Kier alpha value is -0.610. The van der Waals surface area contributed by atoms with E-state index in [-0.39, 0.29) is 5.97 Å². The van der Waals surface area contributed by atoms with Crippen molar-refractivity contribution in [2.45, 2.75) is 71.9 Å². The minimum Gasteiger partial charge on any atom is -0.465 e. The summed E-state index contributed by atoms with van der Waals surface area (Å²) < 4.78 is 5.22. The maximum Gasteiger partial charge on any atom is 0.326 e. The lowest BCUT2D eigenvalue weighted by molar-refractivity contribution is -0.151. The SMILES string of the molecule is CCOC(=O)C(C)(CC(C)N1CCC(C)(CC)CC1)NC. The van der Waals surface area contributed by atoms with Crippen molar-refractivity contribution in [3.63, 3.8) is 0 Å². The highest BCUT2D eigenvalue weighted by molar-refractivity contribution is 5.80. The smallest absolute Gasteiger partial charge is 0.326 e. The van der Waals surface area contributed by atoms with Crippen molar-refractivity contribution >= 4 is 5.97 Å². The van der Waals surface area contributed by atoms with E-state index in [2.05, 4.69) is 31.0 Å². The van der Waals surface area contributed by atoms with Crippen molar-refractivity contribution in [1.29, 1.82) is 0 Å². The molecule has 0 saturated carbocycles. The summed E-state index contributed by atoms with van der Waals surface area (Å²) in [4.78, 5) is 14.7. The van der Waals surface area contributed by atoms with Crippen molar-refractivity contribution in [3.8, 4) is 0 Å². The lowest BCUT2D eigenvalue weighted by Gasteiger charge is -2.43. The van der Waals surface area contributed by atoms with Gasteiger partial charge >= 0.3 is 5.97 Å². The molecule has 0 aliphatic carbocycles. The Kier molecular flexibility index (Phi) is 6.67. The molecule has 1 aliphatic rings. The molecule has 0 aromatic carbocycles. The van der Waals surface area contributed by atoms with Crippen LogP contribution in [0.3, 0.4) is 0 Å². The molecule has 0 radical (unpaired) electrons. The average molecular weight is 298 g/mol. The molecule has 2 atom stereocenters. The summed E-state index contributed by atoms with van der Waals surface area (Å²) in [6.45, 7) is 13.4. The van der Waals surface area contributed by atoms with Gasteiger partial charge in [0.05, 0.1) is 6.61 Å². The molecular formula is C17H34N2O2. The highest BCUT2D eigenvalue weighted by atomic mass is 16.5. The maximum atomic E-state index is 12.2. The Morgan fingerprint density at radius 2 is 1.95 bits per heavy atom. The molecule has 1 heterocycles. The molecule has 0 amide bonds. The van der Waals surface area contributed by atoms with E-state index in [1.165, 1.54) is 19.3 Å². The number of likely N-dealkylation sites (tertiary alicyclic amines) is 1. The number of piperidine rings is 1. The van der Waals surface area contributed by atoms with Gasteiger partial charge in [0.25, 0.3) is 0 Å². The van der Waals surface area contributed by atoms with Crippen LogP contribution in [0.1, 0.15) is 60.3 Å². The molecule has 0 aromatic heterocycles. The maximum absolute atomic E-state index is 12.2. The predicted molar refractivity (Wildman–Crippen MR) is 87.4 cm³/mol. The molecule has 1 N–H and O–H groups in total. The molecule has 4 nitrogen and oxygen atoms in total. The third-order valence-electron chi connectivity index (χ3n) is 5.46. The van der Waals surface area contributed by atoms with Gasteiger partial charge in [0, 0.05) is 6.04 Å². The van der Waals surface area contributed by atoms with Gasteiger partial charge in [0.15, 0.2) is 0 Å². The number of carbonyl (C=O) groups excluding carboxylic acids is 1. The second-order valence-corrected chi connectivity index (χ2v) is 7.06. The van der Waals surface area contributed by atoms with Crippen molar-refractivity contribution in [3.05, 3.63) is 0 Å². The van der Waals surface area contributed by atoms with Crippen molar-refractivity contribution in [2.75, 3.05) is 26.7 Å². The summed E-state index contributed by atoms with van der Waals surface area (Å²) in [6.07, 6.45) is 4.55. The Labute approximate surface area is 130 Å². The lowest BCUT2D eigenvalue weighted by atomic mass is 9.77. The first-order chi connectivity index (χ1) is 9.80. The highest BCUT2D eigenvalue weighted by Crippen LogP contribution is 2.35. The zero-order valence-electron chi connectivity index (χ0n) is 14.8. The molecule has 0 spiro atoms. The molecule has 0 aromatic rings. The zero-order valence-corrected chi connectivity index (χ0v) is 14.8. The van der Waals surface area contributed by atoms with Gasteiger partial charge in [-0.05, 0) is 65.6 Å². The minimum atomic E-state index is -0.596. The van der Waals surface area contributed by atoms with E-state index in [0.717, 1.165) is 19.5 Å². The van der Waals surface area contributed by atoms with Gasteiger partial charge in [-0.1, -0.05) is 20.3 Å². The number of ether oxygens (including phenoxy) is 1. The normalized spacial score (nSPS) is 23.3. The van der Waals surface area contributed by atoms with Gasteiger partial charge in [0.1, 0.15) is 5.54 Å². The van der Waals surface area contributed by atoms with Crippen molar-refractivity contribution in [2.24, 2.45) is 5.41 Å². The molecule has 1 aliphatic heterocycles. The van der Waals surface area contributed by atoms with Gasteiger partial charge in [-0.3, -0.25) is 4.79 Å². The molecule has 4 heteroatoms. The third-order valence-corrected chi connectivity index (χ3v) is 5.46. The molecule has 0 bridgehead atoms. The van der Waals surface area contributed by atoms with E-state index in [0.29, 0.717) is 18.1 Å². The molecule has 21 heavy (non-hydrogen) atoms. The van der Waals surface area contributed by atoms with Gasteiger partial charge in [-0.25, -0.2) is 0 Å². The fraction of sp³-hybridized carbons (Fsp3) is 0.941. The van der Waals surface area contributed by atoms with Crippen LogP contribution in [0, 0.1) is 5.41 Å². The van der Waals surface area contributed by atoms with Gasteiger partial charge < -0.3 is 15.0 Å². The van der Waals surface area contributed by atoms with E-state index in [9.17, 15) is 4.79 Å². The van der Waals surface area contributed by atoms with Crippen LogP contribution in [-0.4, -0.2) is 49.2 Å². The van der Waals surface area contributed by atoms with E-state index in [1.807, 2.05) is 20.9 Å². The Balaban J connectivity index is 2.59. The van der Waals surface area contributed by atoms with E-state index >= 15 is 0 Å². The quantitative estimate of drug-likeness (QED) is 0.734. The van der Waals surface area contributed by atoms with E-state index in [4.69, 9.17) is 4.74 Å². The summed E-state index contributed by atoms with van der Waals surface area (Å²) in [5.74, 6) is -0.144. The number of hydrogen-bond donors (Lipinski definition) is 1. The zero-order chi connectivity index (χ0) is 16.1. The highest BCUT2D eigenvalue weighted by Gasteiger charge is 2.37. The minimum absolute atomic E-state index is 0.144. The van der Waals surface area contributed by atoms with Gasteiger partial charge in [0.2, 0.25) is 0 Å². The van der Waals surface area contributed by atoms with Gasteiger partial charge in [-0.15, -0.1) is 0 Å². The van der Waals surface area contributed by atoms with Crippen LogP contribution in [0.5, 0.6) is 0 Å². The molecule has 1 fully saturated rings. The van der Waals surface area contributed by atoms with Crippen LogP contribution < -0.4 is 5.32 Å². The Bertz CT molecular complexity index is 338.